The molecule has 0 N–H and O–H groups in total. The fourth-order valence-electron chi connectivity index (χ4n) is 3.99. The Kier molecular flexibility index (Phi) is 8.95. The molecule has 2 aromatic carbocycles. The molecule has 1 aliphatic rings. The maximum atomic E-state index is 12.3. The summed E-state index contributed by atoms with van der Waals surface area (Å²) in [4.78, 5) is 24.6. The molecule has 4 nitrogen and oxygen atoms in total. The Morgan fingerprint density at radius 3 is 1.37 bits per heavy atom. The maximum Gasteiger partial charge on any atom is 0.308 e. The van der Waals surface area contributed by atoms with Crippen molar-refractivity contribution < 1.29 is 19.1 Å². The first-order chi connectivity index (χ1) is 14.7. The number of aryl methyl sites for hydroxylation is 2. The van der Waals surface area contributed by atoms with Crippen LogP contribution in [-0.2, 0) is 31.9 Å². The fraction of sp³-hybridized carbons (Fsp3) is 0.462. The number of carbonyl (C=O) groups is 2. The van der Waals surface area contributed by atoms with Crippen LogP contribution in [0, 0.1) is 11.8 Å². The van der Waals surface area contributed by atoms with Gasteiger partial charge in [-0.2, -0.15) is 0 Å². The Morgan fingerprint density at radius 2 is 1.00 bits per heavy atom. The summed E-state index contributed by atoms with van der Waals surface area (Å²) >= 11 is 0. The van der Waals surface area contributed by atoms with Crippen molar-refractivity contribution in [2.24, 2.45) is 11.8 Å². The molecule has 1 saturated carbocycles. The summed E-state index contributed by atoms with van der Waals surface area (Å²) in [5, 5.41) is 0. The smallest absolute Gasteiger partial charge is 0.308 e. The van der Waals surface area contributed by atoms with E-state index in [0.29, 0.717) is 38.9 Å². The van der Waals surface area contributed by atoms with Crippen molar-refractivity contribution in [1.29, 1.82) is 0 Å². The summed E-state index contributed by atoms with van der Waals surface area (Å²) in [6, 6.07) is 20.4. The van der Waals surface area contributed by atoms with Crippen molar-refractivity contribution in [2.45, 2.75) is 51.4 Å². The van der Waals surface area contributed by atoms with Crippen LogP contribution >= 0.6 is 0 Å². The SMILES string of the molecule is O=C(OCCCc1ccccc1)C1CCC(C(=O)OCCCc2ccccc2)CC1. The van der Waals surface area contributed by atoms with Gasteiger partial charge in [0, 0.05) is 0 Å². The van der Waals surface area contributed by atoms with Crippen LogP contribution in [0.5, 0.6) is 0 Å². The molecule has 0 unspecified atom stereocenters. The van der Waals surface area contributed by atoms with E-state index in [-0.39, 0.29) is 23.8 Å². The van der Waals surface area contributed by atoms with Crippen LogP contribution in [0.2, 0.25) is 0 Å². The Balaban J connectivity index is 1.26. The maximum absolute atomic E-state index is 12.3. The quantitative estimate of drug-likeness (QED) is 0.403. The van der Waals surface area contributed by atoms with E-state index in [1.54, 1.807) is 0 Å². The van der Waals surface area contributed by atoms with Gasteiger partial charge >= 0.3 is 11.9 Å². The number of carbonyl (C=O) groups excluding carboxylic acids is 2. The van der Waals surface area contributed by atoms with Crippen LogP contribution in [0.15, 0.2) is 60.7 Å². The summed E-state index contributed by atoms with van der Waals surface area (Å²) in [7, 11) is 0. The zero-order valence-electron chi connectivity index (χ0n) is 17.6. The monoisotopic (exact) mass is 408 g/mol. The van der Waals surface area contributed by atoms with Gasteiger partial charge in [-0.3, -0.25) is 9.59 Å². The van der Waals surface area contributed by atoms with Crippen LogP contribution in [0.3, 0.4) is 0 Å². The fourth-order valence-corrected chi connectivity index (χ4v) is 3.99. The molecular formula is C26H32O4. The second kappa shape index (κ2) is 12.2. The summed E-state index contributed by atoms with van der Waals surface area (Å²) in [6.45, 7) is 0.911. The molecule has 0 saturated heterocycles. The number of ether oxygens (including phenoxy) is 2. The van der Waals surface area contributed by atoms with Crippen LogP contribution < -0.4 is 0 Å². The average molecular weight is 409 g/mol. The van der Waals surface area contributed by atoms with Crippen LogP contribution in [-0.4, -0.2) is 25.2 Å². The number of rotatable bonds is 10. The second-order valence-corrected chi connectivity index (χ2v) is 8.06. The lowest BCUT2D eigenvalue weighted by Gasteiger charge is -2.26. The topological polar surface area (TPSA) is 52.6 Å². The van der Waals surface area contributed by atoms with Gasteiger partial charge < -0.3 is 9.47 Å². The van der Waals surface area contributed by atoms with Crippen molar-refractivity contribution >= 4 is 11.9 Å². The molecule has 3 rings (SSSR count). The van der Waals surface area contributed by atoms with Crippen LogP contribution in [0.25, 0.3) is 0 Å². The van der Waals surface area contributed by atoms with Gasteiger partial charge in [0.2, 0.25) is 0 Å². The minimum absolute atomic E-state index is 0.0798. The predicted octanol–water partition coefficient (Wildman–Crippen LogP) is 5.14. The van der Waals surface area contributed by atoms with E-state index in [2.05, 4.69) is 24.3 Å². The highest BCUT2D eigenvalue weighted by atomic mass is 16.5. The van der Waals surface area contributed by atoms with Crippen molar-refractivity contribution in [3.8, 4) is 0 Å². The molecule has 0 spiro atoms. The van der Waals surface area contributed by atoms with E-state index in [1.165, 1.54) is 11.1 Å². The number of hydrogen-bond acceptors (Lipinski definition) is 4. The van der Waals surface area contributed by atoms with E-state index in [0.717, 1.165) is 25.7 Å². The lowest BCUT2D eigenvalue weighted by Crippen LogP contribution is -2.28. The van der Waals surface area contributed by atoms with Crippen molar-refractivity contribution in [2.75, 3.05) is 13.2 Å². The normalized spacial score (nSPS) is 18.5. The Hall–Kier alpha value is -2.62. The summed E-state index contributed by atoms with van der Waals surface area (Å²) in [5.74, 6) is -0.386. The molecule has 160 valence electrons. The Bertz CT molecular complexity index is 697. The zero-order valence-corrected chi connectivity index (χ0v) is 17.6. The third-order valence-corrected chi connectivity index (χ3v) is 5.79. The minimum atomic E-state index is -0.113. The molecular weight excluding hydrogens is 376 g/mol. The van der Waals surface area contributed by atoms with Gasteiger partial charge in [-0.05, 0) is 62.5 Å². The highest BCUT2D eigenvalue weighted by Crippen LogP contribution is 2.30. The van der Waals surface area contributed by atoms with Crippen molar-refractivity contribution in [1.82, 2.24) is 0 Å². The number of hydrogen-bond donors (Lipinski definition) is 0. The summed E-state index contributed by atoms with van der Waals surface area (Å²) in [6.07, 6.45) is 6.33. The molecule has 0 atom stereocenters. The first-order valence-electron chi connectivity index (χ1n) is 11.1. The molecule has 0 radical (unpaired) electrons. The van der Waals surface area contributed by atoms with E-state index in [9.17, 15) is 9.59 Å². The molecule has 1 aliphatic carbocycles. The molecule has 0 bridgehead atoms. The zero-order chi connectivity index (χ0) is 21.0. The standard InChI is InChI=1S/C26H32O4/c27-25(29-19-7-13-21-9-3-1-4-10-21)23-15-17-24(18-16-23)26(28)30-20-8-14-22-11-5-2-6-12-22/h1-6,9-12,23-24H,7-8,13-20H2. The van der Waals surface area contributed by atoms with Crippen molar-refractivity contribution in [3.05, 3.63) is 71.8 Å². The first kappa shape index (κ1) is 22.1. The predicted molar refractivity (Wildman–Crippen MR) is 117 cm³/mol. The van der Waals surface area contributed by atoms with Gasteiger partial charge in [0.1, 0.15) is 0 Å². The molecule has 4 heteroatoms. The molecule has 0 aromatic heterocycles. The highest BCUT2D eigenvalue weighted by molar-refractivity contribution is 5.75. The number of esters is 2. The molecule has 0 aliphatic heterocycles. The highest BCUT2D eigenvalue weighted by Gasteiger charge is 2.31. The van der Waals surface area contributed by atoms with Gasteiger partial charge in [0.05, 0.1) is 25.0 Å². The Morgan fingerprint density at radius 1 is 0.633 bits per heavy atom. The minimum Gasteiger partial charge on any atom is -0.465 e. The van der Waals surface area contributed by atoms with Gasteiger partial charge in [-0.15, -0.1) is 0 Å². The van der Waals surface area contributed by atoms with Crippen LogP contribution in [0.4, 0.5) is 0 Å². The van der Waals surface area contributed by atoms with Gasteiger partial charge in [0.15, 0.2) is 0 Å². The van der Waals surface area contributed by atoms with Gasteiger partial charge in [0.25, 0.3) is 0 Å². The molecule has 0 amide bonds. The third kappa shape index (κ3) is 7.33. The summed E-state index contributed by atoms with van der Waals surface area (Å²) in [5.41, 5.74) is 2.52. The van der Waals surface area contributed by atoms with Crippen molar-refractivity contribution in [3.63, 3.8) is 0 Å². The van der Waals surface area contributed by atoms with Crippen LogP contribution in [0.1, 0.15) is 49.7 Å². The average Bonchev–Trinajstić information content (AvgIpc) is 2.81. The number of benzene rings is 2. The van der Waals surface area contributed by atoms with E-state index in [1.807, 2.05) is 36.4 Å². The Labute approximate surface area is 179 Å². The molecule has 1 fully saturated rings. The molecule has 0 heterocycles. The van der Waals surface area contributed by atoms with E-state index < -0.39 is 0 Å². The first-order valence-corrected chi connectivity index (χ1v) is 11.1. The van der Waals surface area contributed by atoms with Gasteiger partial charge in [-0.25, -0.2) is 0 Å². The molecule has 2 aromatic rings. The third-order valence-electron chi connectivity index (χ3n) is 5.79. The van der Waals surface area contributed by atoms with E-state index >= 15 is 0 Å². The lowest BCUT2D eigenvalue weighted by atomic mass is 9.82. The second-order valence-electron chi connectivity index (χ2n) is 8.06. The molecule has 30 heavy (non-hydrogen) atoms. The summed E-state index contributed by atoms with van der Waals surface area (Å²) < 4.78 is 10.9. The van der Waals surface area contributed by atoms with Gasteiger partial charge in [-0.1, -0.05) is 60.7 Å². The largest absolute Gasteiger partial charge is 0.465 e. The van der Waals surface area contributed by atoms with E-state index in [4.69, 9.17) is 9.47 Å². The lowest BCUT2D eigenvalue weighted by molar-refractivity contribution is -0.155.